The summed E-state index contributed by atoms with van der Waals surface area (Å²) in [7, 11) is 0. The highest BCUT2D eigenvalue weighted by Gasteiger charge is 2.21. The van der Waals surface area contributed by atoms with Crippen LogP contribution in [0.5, 0.6) is 0 Å². The van der Waals surface area contributed by atoms with E-state index in [0.717, 1.165) is 43.1 Å². The summed E-state index contributed by atoms with van der Waals surface area (Å²) in [6.45, 7) is 4.99. The summed E-state index contributed by atoms with van der Waals surface area (Å²) < 4.78 is 0. The number of carbonyl (C=O) groups excluding carboxylic acids is 1. The first-order valence-corrected chi connectivity index (χ1v) is 8.25. The fourth-order valence-corrected chi connectivity index (χ4v) is 3.28. The Balaban J connectivity index is 1.71. The molecule has 7 heteroatoms. The lowest BCUT2D eigenvalue weighted by molar-refractivity contribution is 0.0767. The number of amides is 1. The summed E-state index contributed by atoms with van der Waals surface area (Å²) in [5, 5.41) is 3.84. The molecule has 2 aromatic heterocycles. The first-order valence-electron chi connectivity index (χ1n) is 7.31. The Hall–Kier alpha value is -2.15. The number of nitrogen functional groups attached to an aromatic ring is 1. The van der Waals surface area contributed by atoms with Crippen LogP contribution in [-0.4, -0.2) is 47.0 Å². The Kier molecular flexibility index (Phi) is 4.24. The molecule has 0 aromatic carbocycles. The van der Waals surface area contributed by atoms with Crippen LogP contribution >= 0.6 is 11.3 Å². The third-order valence-corrected chi connectivity index (χ3v) is 4.42. The van der Waals surface area contributed by atoms with Crippen molar-refractivity contribution in [2.45, 2.75) is 13.3 Å². The van der Waals surface area contributed by atoms with Gasteiger partial charge in [0.25, 0.3) is 5.91 Å². The number of anilines is 2. The molecule has 22 heavy (non-hydrogen) atoms. The first kappa shape index (κ1) is 14.8. The molecule has 116 valence electrons. The minimum atomic E-state index is 0.112. The minimum Gasteiger partial charge on any atom is -0.368 e. The van der Waals surface area contributed by atoms with Gasteiger partial charge in [-0.25, -0.2) is 4.98 Å². The number of hydrogen-bond donors (Lipinski definition) is 1. The van der Waals surface area contributed by atoms with E-state index in [2.05, 4.69) is 14.9 Å². The highest BCUT2D eigenvalue weighted by molar-refractivity contribution is 7.08. The second kappa shape index (κ2) is 6.31. The third kappa shape index (κ3) is 3.19. The largest absolute Gasteiger partial charge is 0.368 e. The smallest absolute Gasteiger partial charge is 0.254 e. The van der Waals surface area contributed by atoms with Crippen LogP contribution in [0.1, 0.15) is 22.5 Å². The lowest BCUT2D eigenvalue weighted by Gasteiger charge is -2.23. The van der Waals surface area contributed by atoms with E-state index in [1.54, 1.807) is 11.3 Å². The summed E-state index contributed by atoms with van der Waals surface area (Å²) in [5.74, 6) is 1.25. The second-order valence-corrected chi connectivity index (χ2v) is 6.15. The van der Waals surface area contributed by atoms with Gasteiger partial charge in [0.1, 0.15) is 5.82 Å². The maximum absolute atomic E-state index is 12.4. The average Bonchev–Trinajstić information content (AvgIpc) is 2.90. The summed E-state index contributed by atoms with van der Waals surface area (Å²) >= 11 is 1.55. The Morgan fingerprint density at radius 2 is 2.14 bits per heavy atom. The van der Waals surface area contributed by atoms with Crippen molar-refractivity contribution in [1.29, 1.82) is 0 Å². The Bertz CT molecular complexity index is 638. The molecule has 3 rings (SSSR count). The van der Waals surface area contributed by atoms with Crippen LogP contribution < -0.4 is 10.6 Å². The molecule has 0 atom stereocenters. The third-order valence-electron chi connectivity index (χ3n) is 3.73. The van der Waals surface area contributed by atoms with Crippen LogP contribution in [0, 0.1) is 6.92 Å². The van der Waals surface area contributed by atoms with Crippen molar-refractivity contribution in [2.75, 3.05) is 36.8 Å². The molecule has 0 radical (unpaired) electrons. The monoisotopic (exact) mass is 317 g/mol. The van der Waals surface area contributed by atoms with Crippen LogP contribution in [0.4, 0.5) is 11.8 Å². The van der Waals surface area contributed by atoms with Crippen molar-refractivity contribution >= 4 is 29.0 Å². The van der Waals surface area contributed by atoms with Crippen molar-refractivity contribution in [1.82, 2.24) is 14.9 Å². The summed E-state index contributed by atoms with van der Waals surface area (Å²) in [6, 6.07) is 3.82. The van der Waals surface area contributed by atoms with Crippen LogP contribution in [-0.2, 0) is 0 Å². The van der Waals surface area contributed by atoms with Crippen molar-refractivity contribution in [2.24, 2.45) is 0 Å². The number of aryl methyl sites for hydroxylation is 1. The van der Waals surface area contributed by atoms with Crippen LogP contribution in [0.2, 0.25) is 0 Å². The van der Waals surface area contributed by atoms with E-state index in [4.69, 9.17) is 5.73 Å². The van der Waals surface area contributed by atoms with Crippen LogP contribution in [0.15, 0.2) is 22.9 Å². The summed E-state index contributed by atoms with van der Waals surface area (Å²) in [6.07, 6.45) is 0.916. The Morgan fingerprint density at radius 3 is 2.86 bits per heavy atom. The number of aromatic nitrogens is 2. The zero-order valence-corrected chi connectivity index (χ0v) is 13.3. The molecular formula is C15H19N5OS. The van der Waals surface area contributed by atoms with Crippen molar-refractivity contribution in [3.63, 3.8) is 0 Å². The zero-order valence-electron chi connectivity index (χ0n) is 12.5. The number of nitrogens with zero attached hydrogens (tertiary/aromatic N) is 4. The number of thiophene rings is 1. The fraction of sp³-hybridized carbons (Fsp3) is 0.400. The molecule has 0 aliphatic carbocycles. The molecule has 6 nitrogen and oxygen atoms in total. The lowest BCUT2D eigenvalue weighted by atomic mass is 10.3. The molecule has 0 spiro atoms. The van der Waals surface area contributed by atoms with E-state index < -0.39 is 0 Å². The lowest BCUT2D eigenvalue weighted by Crippen LogP contribution is -2.35. The van der Waals surface area contributed by atoms with Crippen LogP contribution in [0.3, 0.4) is 0 Å². The van der Waals surface area contributed by atoms with Gasteiger partial charge in [0.2, 0.25) is 5.95 Å². The maximum Gasteiger partial charge on any atom is 0.254 e. The molecular weight excluding hydrogens is 298 g/mol. The van der Waals surface area contributed by atoms with E-state index in [-0.39, 0.29) is 5.91 Å². The highest BCUT2D eigenvalue weighted by Crippen LogP contribution is 2.17. The molecule has 0 unspecified atom stereocenters. The Labute approximate surface area is 133 Å². The van der Waals surface area contributed by atoms with Crippen LogP contribution in [0.25, 0.3) is 0 Å². The molecule has 1 fully saturated rings. The van der Waals surface area contributed by atoms with E-state index in [0.29, 0.717) is 12.5 Å². The van der Waals surface area contributed by atoms with Crippen molar-refractivity contribution in [3.05, 3.63) is 34.2 Å². The molecule has 3 heterocycles. The molecule has 0 saturated carbocycles. The molecule has 1 saturated heterocycles. The van der Waals surface area contributed by atoms with Gasteiger partial charge in [-0.15, -0.1) is 0 Å². The van der Waals surface area contributed by atoms with Gasteiger partial charge in [-0.1, -0.05) is 0 Å². The first-order chi connectivity index (χ1) is 10.6. The van der Waals surface area contributed by atoms with E-state index in [1.807, 2.05) is 34.7 Å². The normalized spacial score (nSPS) is 15.7. The number of rotatable bonds is 2. The van der Waals surface area contributed by atoms with Gasteiger partial charge in [-0.3, -0.25) is 4.79 Å². The van der Waals surface area contributed by atoms with Gasteiger partial charge in [0.15, 0.2) is 0 Å². The second-order valence-electron chi connectivity index (χ2n) is 5.37. The van der Waals surface area contributed by atoms with E-state index in [9.17, 15) is 4.79 Å². The topological polar surface area (TPSA) is 75.3 Å². The van der Waals surface area contributed by atoms with Gasteiger partial charge in [-0.05, 0) is 24.8 Å². The van der Waals surface area contributed by atoms with Gasteiger partial charge in [0.05, 0.1) is 5.56 Å². The average molecular weight is 317 g/mol. The maximum atomic E-state index is 12.4. The predicted octanol–water partition coefficient (Wildman–Crippen LogP) is 1.78. The molecule has 1 aliphatic heterocycles. The van der Waals surface area contributed by atoms with Crippen molar-refractivity contribution in [3.8, 4) is 0 Å². The number of carbonyl (C=O) groups is 1. The van der Waals surface area contributed by atoms with Gasteiger partial charge >= 0.3 is 0 Å². The Morgan fingerprint density at radius 1 is 1.27 bits per heavy atom. The van der Waals surface area contributed by atoms with E-state index in [1.165, 1.54) is 0 Å². The van der Waals surface area contributed by atoms with Gasteiger partial charge in [0, 0.05) is 43.3 Å². The van der Waals surface area contributed by atoms with E-state index >= 15 is 0 Å². The van der Waals surface area contributed by atoms with Gasteiger partial charge in [-0.2, -0.15) is 16.3 Å². The van der Waals surface area contributed by atoms with Gasteiger partial charge < -0.3 is 15.5 Å². The molecule has 0 bridgehead atoms. The summed E-state index contributed by atoms with van der Waals surface area (Å²) in [5.41, 5.74) is 7.37. The minimum absolute atomic E-state index is 0.112. The molecule has 2 N–H and O–H groups in total. The number of hydrogen-bond acceptors (Lipinski definition) is 6. The molecule has 1 aliphatic rings. The standard InChI is InChI=1S/C15H19N5OS/c1-11-9-13(18-15(16)17-11)19-4-2-5-20(7-6-19)14(21)12-3-8-22-10-12/h3,8-10H,2,4-7H2,1H3,(H2,16,17,18). The SMILES string of the molecule is Cc1cc(N2CCCN(C(=O)c3ccsc3)CC2)nc(N)n1. The zero-order chi connectivity index (χ0) is 15.5. The number of nitrogens with two attached hydrogens (primary N) is 1. The molecule has 2 aromatic rings. The highest BCUT2D eigenvalue weighted by atomic mass is 32.1. The summed E-state index contributed by atoms with van der Waals surface area (Å²) in [4.78, 5) is 24.9. The van der Waals surface area contributed by atoms with Crippen molar-refractivity contribution < 1.29 is 4.79 Å². The predicted molar refractivity (Wildman–Crippen MR) is 88.2 cm³/mol. The quantitative estimate of drug-likeness (QED) is 0.914. The molecule has 1 amide bonds. The fourth-order valence-electron chi connectivity index (χ4n) is 2.65.